The summed E-state index contributed by atoms with van der Waals surface area (Å²) in [5.74, 6) is 0.343. The van der Waals surface area contributed by atoms with Gasteiger partial charge >= 0.3 is 0 Å². The first-order valence-corrected chi connectivity index (χ1v) is 12.3. The van der Waals surface area contributed by atoms with Gasteiger partial charge in [0.1, 0.15) is 0 Å². The Hall–Kier alpha value is 0.0200. The van der Waals surface area contributed by atoms with Crippen LogP contribution in [0.4, 0.5) is 0 Å². The van der Waals surface area contributed by atoms with Gasteiger partial charge in [0.25, 0.3) is 0 Å². The molecule has 166 valence electrons. The molecule has 2 aliphatic rings. The minimum Gasteiger partial charge on any atom is -0.391 e. The van der Waals surface area contributed by atoms with Crippen molar-refractivity contribution < 1.29 is 23.8 Å². The predicted molar refractivity (Wildman–Crippen MR) is 115 cm³/mol. The largest absolute Gasteiger partial charge is 0.391 e. The van der Waals surface area contributed by atoms with Gasteiger partial charge in [0.05, 0.1) is 31.5 Å². The van der Waals surface area contributed by atoms with E-state index < -0.39 is 7.57 Å². The molecule has 2 saturated heterocycles. The molecular formula is C20H41N2O5P. The van der Waals surface area contributed by atoms with Crippen molar-refractivity contribution >= 4 is 13.9 Å². The highest BCUT2D eigenvalue weighted by Gasteiger charge is 2.38. The molecule has 3 unspecified atom stereocenters. The second-order valence-electron chi connectivity index (χ2n) is 9.16. The number of hydrogen-bond acceptors (Lipinski definition) is 7. The van der Waals surface area contributed by atoms with Gasteiger partial charge in [-0.2, -0.15) is 0 Å². The molecule has 0 aliphatic carbocycles. The molecule has 0 saturated carbocycles. The summed E-state index contributed by atoms with van der Waals surface area (Å²) < 4.78 is 17.4. The minimum absolute atomic E-state index is 0.00204. The molecule has 0 spiro atoms. The Morgan fingerprint density at radius 2 is 1.82 bits per heavy atom. The number of aliphatic hydroxyl groups excluding tert-OH is 1. The van der Waals surface area contributed by atoms with Gasteiger partial charge in [0.2, 0.25) is 7.57 Å². The van der Waals surface area contributed by atoms with Crippen molar-refractivity contribution in [2.24, 2.45) is 5.92 Å². The van der Waals surface area contributed by atoms with Gasteiger partial charge in [0, 0.05) is 30.7 Å². The molecule has 28 heavy (non-hydrogen) atoms. The Labute approximate surface area is 171 Å². The van der Waals surface area contributed by atoms with Gasteiger partial charge in [0.15, 0.2) is 0 Å². The van der Waals surface area contributed by atoms with Gasteiger partial charge in [-0.25, -0.2) is 0 Å². The van der Waals surface area contributed by atoms with Crippen LogP contribution in [0.3, 0.4) is 0 Å². The topological polar surface area (TPSA) is 83.4 Å². The van der Waals surface area contributed by atoms with Crippen LogP contribution < -0.4 is 5.32 Å². The van der Waals surface area contributed by atoms with Gasteiger partial charge in [-0.3, -0.25) is 4.90 Å². The second kappa shape index (κ2) is 10.4. The summed E-state index contributed by atoms with van der Waals surface area (Å²) in [5.41, 5.74) is 0. The van der Waals surface area contributed by atoms with Crippen molar-refractivity contribution in [3.05, 3.63) is 0 Å². The summed E-state index contributed by atoms with van der Waals surface area (Å²) in [6, 6.07) is 0.707. The Kier molecular flexibility index (Phi) is 8.99. The first kappa shape index (κ1) is 24.3. The number of ether oxygens (including phenoxy) is 1. The molecule has 2 rings (SSSR count). The van der Waals surface area contributed by atoms with Crippen LogP contribution in [0.2, 0.25) is 0 Å². The van der Waals surface area contributed by atoms with Crippen molar-refractivity contribution in [2.75, 3.05) is 19.8 Å². The van der Waals surface area contributed by atoms with Crippen LogP contribution >= 0.6 is 7.57 Å². The standard InChI is InChI=1S/C20H41N2O5P/c1-13(2)20-19(23)8-16(21-20)11-26-28(7,24)27-18-9-17(12-25-15(5)6)22(10-18)14(3)4/h13-21,23-24H,7-12H2,1-6H3/t16?,17-,18+,19+,20?,28?/m0/s1. The zero-order chi connectivity index (χ0) is 21.1. The van der Waals surface area contributed by atoms with Crippen LogP contribution in [0.1, 0.15) is 54.4 Å². The SMILES string of the molecule is C=P(O)(OCC1C[C@@H](O)C(C(C)C)N1)O[C@@H]1C[C@@H](COC(C)C)N(C(C)C)C1. The Bertz CT molecular complexity index is 531. The van der Waals surface area contributed by atoms with E-state index in [1.165, 1.54) is 0 Å². The minimum atomic E-state index is -3.17. The third-order valence-electron chi connectivity index (χ3n) is 5.58. The van der Waals surface area contributed by atoms with E-state index in [9.17, 15) is 10.00 Å². The van der Waals surface area contributed by atoms with Crippen molar-refractivity contribution in [3.8, 4) is 0 Å². The lowest BCUT2D eigenvalue weighted by Gasteiger charge is -2.28. The third kappa shape index (κ3) is 7.06. The second-order valence-corrected chi connectivity index (χ2v) is 10.9. The molecule has 0 aromatic rings. The van der Waals surface area contributed by atoms with Crippen LogP contribution in [0.25, 0.3) is 0 Å². The van der Waals surface area contributed by atoms with Crippen LogP contribution in [0.5, 0.6) is 0 Å². The molecule has 0 radical (unpaired) electrons. The van der Waals surface area contributed by atoms with Crippen molar-refractivity contribution in [1.82, 2.24) is 10.2 Å². The molecule has 3 N–H and O–H groups in total. The van der Waals surface area contributed by atoms with E-state index in [2.05, 4.69) is 44.2 Å². The first-order chi connectivity index (χ1) is 13.0. The molecule has 0 aromatic carbocycles. The molecule has 0 aromatic heterocycles. The molecule has 0 bridgehead atoms. The Morgan fingerprint density at radius 3 is 2.36 bits per heavy atom. The third-order valence-corrected chi connectivity index (χ3v) is 6.76. The summed E-state index contributed by atoms with van der Waals surface area (Å²) in [7, 11) is -3.17. The number of likely N-dealkylation sites (tertiary alicyclic amines) is 1. The van der Waals surface area contributed by atoms with E-state index in [1.807, 2.05) is 13.8 Å². The molecule has 7 nitrogen and oxygen atoms in total. The van der Waals surface area contributed by atoms with Crippen LogP contribution in [-0.4, -0.2) is 83.4 Å². The van der Waals surface area contributed by atoms with Crippen LogP contribution in [0, 0.1) is 5.92 Å². The lowest BCUT2D eigenvalue weighted by Crippen LogP contribution is -2.39. The molecule has 8 heteroatoms. The molecular weight excluding hydrogens is 379 g/mol. The van der Waals surface area contributed by atoms with Gasteiger partial charge in [-0.1, -0.05) is 13.8 Å². The summed E-state index contributed by atoms with van der Waals surface area (Å²) in [4.78, 5) is 13.0. The molecule has 0 amide bonds. The quantitative estimate of drug-likeness (QED) is 0.468. The highest BCUT2D eigenvalue weighted by molar-refractivity contribution is 7.58. The maximum Gasteiger partial charge on any atom is 0.248 e. The normalized spacial score (nSPS) is 34.0. The smallest absolute Gasteiger partial charge is 0.248 e. The number of rotatable bonds is 10. The average molecular weight is 421 g/mol. The highest BCUT2D eigenvalue weighted by atomic mass is 31.2. The summed E-state index contributed by atoms with van der Waals surface area (Å²) in [6.45, 7) is 14.2. The van der Waals surface area contributed by atoms with Gasteiger partial charge in [-0.05, 0) is 52.8 Å². The van der Waals surface area contributed by atoms with Crippen molar-refractivity contribution in [1.29, 1.82) is 0 Å². The summed E-state index contributed by atoms with van der Waals surface area (Å²) >= 11 is 0. The van der Waals surface area contributed by atoms with E-state index in [0.29, 0.717) is 25.0 Å². The Balaban J connectivity index is 1.83. The molecule has 2 aliphatic heterocycles. The molecule has 2 fully saturated rings. The molecule has 6 atom stereocenters. The van der Waals surface area contributed by atoms with Crippen molar-refractivity contribution in [3.63, 3.8) is 0 Å². The zero-order valence-corrected chi connectivity index (χ0v) is 19.3. The summed E-state index contributed by atoms with van der Waals surface area (Å²) in [5, 5.41) is 13.5. The lowest BCUT2D eigenvalue weighted by atomic mass is 10.0. The van der Waals surface area contributed by atoms with E-state index in [1.54, 1.807) is 0 Å². The fraction of sp³-hybridized carbons (Fsp3) is 0.950. The van der Waals surface area contributed by atoms with Crippen molar-refractivity contribution in [2.45, 2.75) is 96.9 Å². The predicted octanol–water partition coefficient (Wildman–Crippen LogP) is 2.23. The Morgan fingerprint density at radius 1 is 1.14 bits per heavy atom. The van der Waals surface area contributed by atoms with E-state index in [-0.39, 0.29) is 43.0 Å². The zero-order valence-electron chi connectivity index (χ0n) is 18.4. The average Bonchev–Trinajstić information content (AvgIpc) is 3.14. The maximum absolute atomic E-state index is 10.6. The number of hydrogen-bond donors (Lipinski definition) is 3. The van der Waals surface area contributed by atoms with E-state index in [0.717, 1.165) is 13.0 Å². The maximum atomic E-state index is 10.6. The first-order valence-electron chi connectivity index (χ1n) is 10.6. The van der Waals surface area contributed by atoms with E-state index >= 15 is 0 Å². The number of nitrogens with zero attached hydrogens (tertiary/aromatic N) is 1. The fourth-order valence-electron chi connectivity index (χ4n) is 4.19. The van der Waals surface area contributed by atoms with Gasteiger partial charge in [-0.15, -0.1) is 0 Å². The fourth-order valence-corrected chi connectivity index (χ4v) is 5.28. The summed E-state index contributed by atoms with van der Waals surface area (Å²) in [6.07, 6.45) is 4.91. The van der Waals surface area contributed by atoms with Crippen LogP contribution in [0.15, 0.2) is 0 Å². The highest BCUT2D eigenvalue weighted by Crippen LogP contribution is 2.46. The van der Waals surface area contributed by atoms with Gasteiger partial charge < -0.3 is 29.1 Å². The number of aliphatic hydroxyl groups is 1. The van der Waals surface area contributed by atoms with Crippen LogP contribution in [-0.2, 0) is 13.8 Å². The molecule has 2 heterocycles. The lowest BCUT2D eigenvalue weighted by molar-refractivity contribution is 0.0299. The number of nitrogens with one attached hydrogen (secondary N) is 1. The van der Waals surface area contributed by atoms with E-state index in [4.69, 9.17) is 13.8 Å². The monoisotopic (exact) mass is 420 g/mol.